The van der Waals surface area contributed by atoms with Crippen LogP contribution in [0.2, 0.25) is 0 Å². The van der Waals surface area contributed by atoms with Crippen molar-refractivity contribution in [2.45, 2.75) is 56.5 Å². The summed E-state index contributed by atoms with van der Waals surface area (Å²) < 4.78 is 5.83. The first kappa shape index (κ1) is 16.7. The first-order valence-corrected chi connectivity index (χ1v) is 9.27. The van der Waals surface area contributed by atoms with Crippen molar-refractivity contribution in [3.05, 3.63) is 12.2 Å². The second kappa shape index (κ2) is 4.51. The zero-order valence-corrected chi connectivity index (χ0v) is 14.6. The molecule has 5 rings (SSSR count). The number of carbonyl (C=O) groups excluding carboxylic acids is 1. The summed E-state index contributed by atoms with van der Waals surface area (Å²) in [4.78, 5) is 25.2. The summed E-state index contributed by atoms with van der Waals surface area (Å²) in [5, 5.41) is 42.3. The van der Waals surface area contributed by atoms with E-state index in [1.807, 2.05) is 0 Å². The summed E-state index contributed by atoms with van der Waals surface area (Å²) >= 11 is 0. The van der Waals surface area contributed by atoms with E-state index in [1.54, 1.807) is 0 Å². The molecule has 0 aromatic rings. The number of carbonyl (C=O) groups is 2. The van der Waals surface area contributed by atoms with Gasteiger partial charge in [0.25, 0.3) is 0 Å². The topological polar surface area (TPSA) is 124 Å². The molecule has 1 aliphatic heterocycles. The Labute approximate surface area is 150 Å². The minimum atomic E-state index is -1.49. The Kier molecular flexibility index (Phi) is 2.90. The Hall–Kier alpha value is -1.44. The van der Waals surface area contributed by atoms with Crippen LogP contribution in [0, 0.1) is 34.5 Å². The van der Waals surface area contributed by atoms with E-state index in [0.717, 1.165) is 5.57 Å². The van der Waals surface area contributed by atoms with Crippen LogP contribution in [0.3, 0.4) is 0 Å². The third-order valence-electron chi connectivity index (χ3n) is 8.44. The molecule has 4 N–H and O–H groups in total. The van der Waals surface area contributed by atoms with Gasteiger partial charge in [0.1, 0.15) is 11.0 Å². The van der Waals surface area contributed by atoms with Crippen LogP contribution in [0.5, 0.6) is 0 Å². The molecule has 10 unspecified atom stereocenters. The monoisotopic (exact) mass is 364 g/mol. The largest absolute Gasteiger partial charge is 0.481 e. The quantitative estimate of drug-likeness (QED) is 0.384. The number of fused-ring (bicyclic) bond motifs is 1. The van der Waals surface area contributed by atoms with Crippen LogP contribution in [0.4, 0.5) is 0 Å². The predicted octanol–water partition coefficient (Wildman–Crippen LogP) is 0.0778. The molecule has 1 spiro atoms. The number of aliphatic hydroxyl groups excluding tert-OH is 3. The fourth-order valence-electron chi connectivity index (χ4n) is 7.81. The summed E-state index contributed by atoms with van der Waals surface area (Å²) in [5.74, 6) is -3.90. The number of hydrogen-bond acceptors (Lipinski definition) is 6. The van der Waals surface area contributed by atoms with Gasteiger partial charge in [-0.1, -0.05) is 12.2 Å². The summed E-state index contributed by atoms with van der Waals surface area (Å²) in [5.41, 5.74) is -2.54. The maximum atomic E-state index is 12.8. The molecule has 1 heterocycles. The van der Waals surface area contributed by atoms with Gasteiger partial charge in [0.15, 0.2) is 0 Å². The minimum absolute atomic E-state index is 0.0371. The van der Waals surface area contributed by atoms with Crippen molar-refractivity contribution in [1.82, 2.24) is 0 Å². The number of carboxylic acids is 1. The Bertz CT molecular complexity index is 748. The van der Waals surface area contributed by atoms with Crippen LogP contribution in [0.1, 0.15) is 32.6 Å². The van der Waals surface area contributed by atoms with Crippen LogP contribution >= 0.6 is 0 Å². The van der Waals surface area contributed by atoms with E-state index in [9.17, 15) is 30.0 Å². The first-order chi connectivity index (χ1) is 12.1. The Morgan fingerprint density at radius 3 is 2.54 bits per heavy atom. The van der Waals surface area contributed by atoms with E-state index in [2.05, 4.69) is 6.58 Å². The molecule has 5 aliphatic rings. The summed E-state index contributed by atoms with van der Waals surface area (Å²) in [6, 6.07) is 0. The lowest BCUT2D eigenvalue weighted by Gasteiger charge is -2.47. The molecule has 0 aromatic carbocycles. The van der Waals surface area contributed by atoms with Gasteiger partial charge < -0.3 is 25.2 Å². The van der Waals surface area contributed by atoms with Crippen molar-refractivity contribution >= 4 is 11.9 Å². The van der Waals surface area contributed by atoms with Crippen molar-refractivity contribution in [3.63, 3.8) is 0 Å². The number of hydrogen-bond donors (Lipinski definition) is 4. The highest BCUT2D eigenvalue weighted by Gasteiger charge is 2.85. The number of aliphatic carboxylic acids is 1. The Balaban J connectivity index is 1.79. The second-order valence-electron chi connectivity index (χ2n) is 9.39. The number of rotatable bonds is 1. The minimum Gasteiger partial charge on any atom is -0.481 e. The van der Waals surface area contributed by atoms with E-state index in [0.29, 0.717) is 19.3 Å². The highest BCUT2D eigenvalue weighted by atomic mass is 16.6. The highest BCUT2D eigenvalue weighted by Crippen LogP contribution is 2.77. The average molecular weight is 364 g/mol. The lowest BCUT2D eigenvalue weighted by Crippen LogP contribution is -2.60. The molecule has 4 aliphatic carbocycles. The molecule has 0 radical (unpaired) electrons. The smallest absolute Gasteiger partial charge is 0.315 e. The molecule has 4 bridgehead atoms. The van der Waals surface area contributed by atoms with Crippen molar-refractivity contribution in [3.8, 4) is 0 Å². The number of aliphatic hydroxyl groups is 3. The lowest BCUT2D eigenvalue weighted by molar-refractivity contribution is -0.170. The molecular formula is C19H24O7. The Morgan fingerprint density at radius 1 is 1.19 bits per heavy atom. The van der Waals surface area contributed by atoms with Crippen molar-refractivity contribution in [2.75, 3.05) is 0 Å². The summed E-state index contributed by atoms with van der Waals surface area (Å²) in [6.07, 6.45) is -1.88. The van der Waals surface area contributed by atoms with Gasteiger partial charge >= 0.3 is 11.9 Å². The van der Waals surface area contributed by atoms with Crippen LogP contribution < -0.4 is 0 Å². The van der Waals surface area contributed by atoms with Gasteiger partial charge in [-0.15, -0.1) is 0 Å². The first-order valence-electron chi connectivity index (χ1n) is 9.27. The van der Waals surface area contributed by atoms with Gasteiger partial charge in [-0.2, -0.15) is 0 Å². The summed E-state index contributed by atoms with van der Waals surface area (Å²) in [6.45, 7) is 5.62. The van der Waals surface area contributed by atoms with Gasteiger partial charge in [0, 0.05) is 18.3 Å². The number of ether oxygens (including phenoxy) is 1. The molecular weight excluding hydrogens is 340 g/mol. The van der Waals surface area contributed by atoms with E-state index < -0.39 is 64.4 Å². The maximum absolute atomic E-state index is 12.8. The normalized spacial score (nSPS) is 59.8. The molecule has 26 heavy (non-hydrogen) atoms. The molecule has 0 amide bonds. The van der Waals surface area contributed by atoms with E-state index in [1.165, 1.54) is 6.92 Å². The van der Waals surface area contributed by atoms with E-state index in [4.69, 9.17) is 4.74 Å². The molecule has 7 nitrogen and oxygen atoms in total. The third-order valence-corrected chi connectivity index (χ3v) is 8.44. The van der Waals surface area contributed by atoms with Gasteiger partial charge in [-0.25, -0.2) is 0 Å². The molecule has 5 fully saturated rings. The van der Waals surface area contributed by atoms with Gasteiger partial charge in [0.2, 0.25) is 0 Å². The fourth-order valence-corrected chi connectivity index (χ4v) is 7.81. The third kappa shape index (κ3) is 1.47. The van der Waals surface area contributed by atoms with Crippen LogP contribution in [0.25, 0.3) is 0 Å². The lowest BCUT2D eigenvalue weighted by atomic mass is 9.58. The molecule has 1 saturated heterocycles. The molecule has 7 heteroatoms. The zero-order chi connectivity index (χ0) is 18.8. The SMILES string of the molecule is C=C1CC23CC1CC(O)C2C12CC(O)C(O)C(C)(C(=O)O1)C2C3C(=O)O. The molecule has 0 aromatic heterocycles. The van der Waals surface area contributed by atoms with E-state index in [-0.39, 0.29) is 12.3 Å². The van der Waals surface area contributed by atoms with Gasteiger partial charge in [-0.3, -0.25) is 9.59 Å². The standard InChI is InChI=1S/C19H24O7/c1-7-4-18-5-8(7)3-9(20)12(18)19-6-10(21)14(22)17(2,16(25)26-19)13(19)11(18)15(23)24/h8-14,20-22H,1,3-6H2,2H3,(H,23,24). The molecule has 4 saturated carbocycles. The summed E-state index contributed by atoms with van der Waals surface area (Å²) in [7, 11) is 0. The highest BCUT2D eigenvalue weighted by molar-refractivity contribution is 5.85. The zero-order valence-electron chi connectivity index (χ0n) is 14.6. The van der Waals surface area contributed by atoms with Gasteiger partial charge in [0.05, 0.1) is 24.2 Å². The number of carboxylic acid groups (broad SMARTS) is 1. The Morgan fingerprint density at radius 2 is 1.88 bits per heavy atom. The molecule has 142 valence electrons. The second-order valence-corrected chi connectivity index (χ2v) is 9.39. The fraction of sp³-hybridized carbons (Fsp3) is 0.789. The predicted molar refractivity (Wildman–Crippen MR) is 86.6 cm³/mol. The average Bonchev–Trinajstić information content (AvgIpc) is 3.00. The maximum Gasteiger partial charge on any atom is 0.315 e. The van der Waals surface area contributed by atoms with Crippen LogP contribution in [-0.4, -0.2) is 56.3 Å². The number of allylic oxidation sites excluding steroid dienone is 1. The van der Waals surface area contributed by atoms with Crippen molar-refractivity contribution in [1.29, 1.82) is 0 Å². The van der Waals surface area contributed by atoms with Crippen molar-refractivity contribution in [2.24, 2.45) is 34.5 Å². The van der Waals surface area contributed by atoms with Crippen molar-refractivity contribution < 1.29 is 34.8 Å². The molecule has 10 atom stereocenters. The van der Waals surface area contributed by atoms with E-state index >= 15 is 0 Å². The van der Waals surface area contributed by atoms with Gasteiger partial charge in [-0.05, 0) is 37.5 Å². The van der Waals surface area contributed by atoms with Crippen LogP contribution in [0.15, 0.2) is 12.2 Å². The number of esters is 1. The van der Waals surface area contributed by atoms with Crippen LogP contribution in [-0.2, 0) is 14.3 Å².